The summed E-state index contributed by atoms with van der Waals surface area (Å²) in [6.07, 6.45) is 9.82. The number of rotatable bonds is 10. The molecule has 1 amide bonds. The molecule has 1 aromatic heterocycles. The first-order valence-electron chi connectivity index (χ1n) is 16.6. The molecule has 0 fully saturated rings. The number of benzene rings is 2. The molecule has 5 rings (SSSR count). The van der Waals surface area contributed by atoms with Gasteiger partial charge in [-0.1, -0.05) is 77.3 Å². The van der Waals surface area contributed by atoms with E-state index < -0.39 is 5.97 Å². The van der Waals surface area contributed by atoms with Gasteiger partial charge in [-0.25, -0.2) is 4.79 Å². The summed E-state index contributed by atoms with van der Waals surface area (Å²) in [5, 5.41) is 10.9. The van der Waals surface area contributed by atoms with E-state index in [1.54, 1.807) is 18.2 Å². The number of unbranched alkanes of at least 4 members (excludes halogenated alkanes) is 1. The second-order valence-electron chi connectivity index (χ2n) is 11.5. The number of nitrogens with one attached hydrogen (secondary N) is 1. The Morgan fingerprint density at radius 3 is 2.45 bits per heavy atom. The third-order valence-electron chi connectivity index (χ3n) is 8.78. The Labute approximate surface area is 264 Å². The summed E-state index contributed by atoms with van der Waals surface area (Å²) in [6.45, 7) is 15.2. The molecule has 3 atom stereocenters. The monoisotopic (exact) mass is 603 g/mol. The zero-order valence-corrected chi connectivity index (χ0v) is 27.9. The Bertz CT molecular complexity index is 1390. The van der Waals surface area contributed by atoms with Crippen molar-refractivity contribution in [2.75, 3.05) is 33.3 Å². The standard InChI is InChI=1S/C20H25N3O.C15H22O3.C2H6/c1-4-23(5-2)20(24)14-9-16-15-7-6-8-17-19(15)13(11-21-17)10-18(16)22(3)12-14;1-3-5-8-12(4-2)11-18-15(17)13-9-6-7-10-14(13)16;1-2/h6-9,11,14,18,21H,4-5,10,12H2,1-3H3;6-7,9-10,12,16H,3-5,8,11H2,1-2H3;1-2H3/t14-,18-;;/m1../s1. The Kier molecular flexibility index (Phi) is 13.5. The number of nitrogens with zero attached hydrogens (tertiary/aromatic N) is 2. The van der Waals surface area contributed by atoms with Crippen LogP contribution in [-0.2, 0) is 16.0 Å². The molecule has 7 nitrogen and oxygen atoms in total. The lowest BCUT2D eigenvalue weighted by Crippen LogP contribution is -2.47. The van der Waals surface area contributed by atoms with Crippen LogP contribution in [0.4, 0.5) is 0 Å². The highest BCUT2D eigenvalue weighted by Gasteiger charge is 2.36. The summed E-state index contributed by atoms with van der Waals surface area (Å²) in [5.41, 5.74) is 5.45. The smallest absolute Gasteiger partial charge is 0.341 e. The van der Waals surface area contributed by atoms with Gasteiger partial charge in [-0.3, -0.25) is 9.69 Å². The number of aromatic nitrogens is 1. The molecule has 2 heterocycles. The highest BCUT2D eigenvalue weighted by molar-refractivity contribution is 5.99. The molecule has 44 heavy (non-hydrogen) atoms. The Hall–Kier alpha value is -3.58. The summed E-state index contributed by atoms with van der Waals surface area (Å²) < 4.78 is 5.26. The van der Waals surface area contributed by atoms with Crippen LogP contribution in [-0.4, -0.2) is 71.1 Å². The number of para-hydroxylation sites is 1. The molecule has 2 aliphatic rings. The van der Waals surface area contributed by atoms with Gasteiger partial charge >= 0.3 is 5.97 Å². The molecular weight excluding hydrogens is 550 g/mol. The number of aromatic hydroxyl groups is 1. The van der Waals surface area contributed by atoms with Crippen LogP contribution in [0.25, 0.3) is 16.5 Å². The zero-order chi connectivity index (χ0) is 32.2. The zero-order valence-electron chi connectivity index (χ0n) is 27.9. The number of hydrogen-bond acceptors (Lipinski definition) is 5. The van der Waals surface area contributed by atoms with Crippen LogP contribution in [0.3, 0.4) is 0 Å². The van der Waals surface area contributed by atoms with E-state index >= 15 is 0 Å². The van der Waals surface area contributed by atoms with Crippen molar-refractivity contribution in [2.45, 2.75) is 79.7 Å². The maximum Gasteiger partial charge on any atom is 0.341 e. The first-order chi connectivity index (χ1) is 21.3. The normalized spacial score (nSPS) is 17.7. The number of carbonyl (C=O) groups excluding carboxylic acids is 2. The predicted octanol–water partition coefficient (Wildman–Crippen LogP) is 7.70. The lowest BCUT2D eigenvalue weighted by atomic mass is 9.79. The average molecular weight is 604 g/mol. The summed E-state index contributed by atoms with van der Waals surface area (Å²) in [7, 11) is 2.15. The van der Waals surface area contributed by atoms with Crippen molar-refractivity contribution < 1.29 is 19.4 Å². The largest absolute Gasteiger partial charge is 0.507 e. The molecule has 2 N–H and O–H groups in total. The number of H-pyrrole nitrogens is 1. The quantitative estimate of drug-likeness (QED) is 0.232. The minimum Gasteiger partial charge on any atom is -0.507 e. The fraction of sp³-hybridized carbons (Fsp3) is 0.514. The molecule has 7 heteroatoms. The van der Waals surface area contributed by atoms with Gasteiger partial charge < -0.3 is 19.7 Å². The molecular formula is C37H53N3O4. The van der Waals surface area contributed by atoms with Crippen molar-refractivity contribution in [3.63, 3.8) is 0 Å². The minimum atomic E-state index is -0.442. The molecule has 3 aromatic rings. The average Bonchev–Trinajstić information content (AvgIpc) is 3.47. The number of aromatic amines is 1. The molecule has 1 unspecified atom stereocenters. The highest BCUT2D eigenvalue weighted by Crippen LogP contribution is 2.41. The van der Waals surface area contributed by atoms with Crippen LogP contribution >= 0.6 is 0 Å². The highest BCUT2D eigenvalue weighted by atomic mass is 16.5. The SMILES string of the molecule is CC.CCCCC(CC)COC(=O)c1ccccc1O.CCN(CC)C(=O)[C@@H]1C=C2c3cccc4[nH]cc(c34)C[C@H]2N(C)C1. The minimum absolute atomic E-state index is 0.0240. The van der Waals surface area contributed by atoms with Crippen molar-refractivity contribution >= 4 is 28.4 Å². The summed E-state index contributed by atoms with van der Waals surface area (Å²) in [5.74, 6) is 0.161. The van der Waals surface area contributed by atoms with Gasteiger partial charge in [0.15, 0.2) is 0 Å². The molecule has 0 spiro atoms. The van der Waals surface area contributed by atoms with Gasteiger partial charge in [0.1, 0.15) is 11.3 Å². The van der Waals surface area contributed by atoms with Crippen molar-refractivity contribution in [3.05, 3.63) is 71.4 Å². The van der Waals surface area contributed by atoms with Crippen molar-refractivity contribution in [1.82, 2.24) is 14.8 Å². The molecule has 1 aliphatic carbocycles. The van der Waals surface area contributed by atoms with E-state index in [9.17, 15) is 14.7 Å². The third-order valence-corrected chi connectivity index (χ3v) is 8.78. The number of likely N-dealkylation sites (N-methyl/N-ethyl adjacent to an activating group) is 1. The van der Waals surface area contributed by atoms with E-state index in [1.807, 2.05) is 18.7 Å². The van der Waals surface area contributed by atoms with Gasteiger partial charge in [0.05, 0.1) is 12.5 Å². The Morgan fingerprint density at radius 1 is 1.07 bits per heavy atom. The van der Waals surface area contributed by atoms with Crippen LogP contribution in [0.1, 0.15) is 88.7 Å². The number of fused-ring (bicyclic) bond motifs is 2. The first kappa shape index (κ1) is 34.9. The number of phenols is 1. The number of ether oxygens (including phenoxy) is 1. The van der Waals surface area contributed by atoms with Gasteiger partial charge in [-0.15, -0.1) is 0 Å². The van der Waals surface area contributed by atoms with Crippen LogP contribution in [0, 0.1) is 11.8 Å². The molecule has 0 radical (unpaired) electrons. The van der Waals surface area contributed by atoms with E-state index in [4.69, 9.17) is 4.74 Å². The maximum atomic E-state index is 12.9. The van der Waals surface area contributed by atoms with Crippen LogP contribution in [0.2, 0.25) is 0 Å². The molecule has 0 bridgehead atoms. The second kappa shape index (κ2) is 17.0. The molecule has 240 valence electrons. The summed E-state index contributed by atoms with van der Waals surface area (Å²) >= 11 is 0. The van der Waals surface area contributed by atoms with Gasteiger partial charge in [0, 0.05) is 42.8 Å². The number of carbonyl (C=O) groups is 2. The molecule has 0 saturated carbocycles. The fourth-order valence-corrected chi connectivity index (χ4v) is 6.19. The molecule has 0 saturated heterocycles. The lowest BCUT2D eigenvalue weighted by Gasteiger charge is -2.40. The summed E-state index contributed by atoms with van der Waals surface area (Å²) in [4.78, 5) is 32.3. The van der Waals surface area contributed by atoms with Gasteiger partial charge in [-0.2, -0.15) is 0 Å². The van der Waals surface area contributed by atoms with E-state index in [2.05, 4.69) is 75.1 Å². The lowest BCUT2D eigenvalue weighted by molar-refractivity contribution is -0.134. The Balaban J connectivity index is 0.000000238. The number of phenolic OH excluding ortho intramolecular Hbond substituents is 1. The molecule has 2 aromatic carbocycles. The number of esters is 1. The summed E-state index contributed by atoms with van der Waals surface area (Å²) in [6, 6.07) is 13.3. The van der Waals surface area contributed by atoms with Crippen LogP contribution in [0.15, 0.2) is 54.7 Å². The Morgan fingerprint density at radius 2 is 1.80 bits per heavy atom. The predicted molar refractivity (Wildman–Crippen MR) is 181 cm³/mol. The van der Waals surface area contributed by atoms with Crippen molar-refractivity contribution in [3.8, 4) is 5.75 Å². The maximum absolute atomic E-state index is 12.9. The van der Waals surface area contributed by atoms with Crippen molar-refractivity contribution in [2.24, 2.45) is 11.8 Å². The fourth-order valence-electron chi connectivity index (χ4n) is 6.19. The second-order valence-corrected chi connectivity index (χ2v) is 11.5. The van der Waals surface area contributed by atoms with E-state index in [0.29, 0.717) is 18.6 Å². The van der Waals surface area contributed by atoms with E-state index in [-0.39, 0.29) is 23.1 Å². The van der Waals surface area contributed by atoms with Gasteiger partial charge in [0.2, 0.25) is 5.91 Å². The third kappa shape index (κ3) is 8.12. The van der Waals surface area contributed by atoms with Gasteiger partial charge in [0.25, 0.3) is 0 Å². The molecule has 1 aliphatic heterocycles. The van der Waals surface area contributed by atoms with Gasteiger partial charge in [-0.05, 0) is 74.6 Å². The number of hydrogen-bond donors (Lipinski definition) is 2. The van der Waals surface area contributed by atoms with Crippen LogP contribution in [0.5, 0.6) is 5.75 Å². The van der Waals surface area contributed by atoms with Crippen molar-refractivity contribution in [1.29, 1.82) is 0 Å². The van der Waals surface area contributed by atoms with Crippen LogP contribution < -0.4 is 0 Å². The first-order valence-corrected chi connectivity index (χ1v) is 16.6. The number of amides is 1. The van der Waals surface area contributed by atoms with E-state index in [0.717, 1.165) is 51.7 Å². The van der Waals surface area contributed by atoms with E-state index in [1.165, 1.54) is 33.7 Å². The topological polar surface area (TPSA) is 85.9 Å².